The zero-order chi connectivity index (χ0) is 15.2. The highest BCUT2D eigenvalue weighted by atomic mass is 32.1. The Bertz CT molecular complexity index is 676. The second kappa shape index (κ2) is 6.86. The van der Waals surface area contributed by atoms with Crippen LogP contribution in [0.3, 0.4) is 0 Å². The van der Waals surface area contributed by atoms with E-state index in [4.69, 9.17) is 10.00 Å². The number of ether oxygens (including phenoxy) is 1. The van der Waals surface area contributed by atoms with Gasteiger partial charge in [0.25, 0.3) is 5.91 Å². The first-order chi connectivity index (χ1) is 10.1. The zero-order valence-corrected chi connectivity index (χ0v) is 12.6. The molecule has 1 aromatic carbocycles. The number of hydrogen-bond donors (Lipinski definition) is 1. The molecule has 1 heterocycles. The molecule has 21 heavy (non-hydrogen) atoms. The number of rotatable bonds is 5. The van der Waals surface area contributed by atoms with Gasteiger partial charge in [0.05, 0.1) is 11.6 Å². The number of aryl methyl sites for hydroxylation is 1. The minimum atomic E-state index is -0.247. The third-order valence-electron chi connectivity index (χ3n) is 2.75. The topological polar surface area (TPSA) is 75.0 Å². The van der Waals surface area contributed by atoms with Crippen LogP contribution in [0.15, 0.2) is 30.5 Å². The Morgan fingerprint density at radius 2 is 2.29 bits per heavy atom. The van der Waals surface area contributed by atoms with E-state index in [1.807, 2.05) is 19.9 Å². The summed E-state index contributed by atoms with van der Waals surface area (Å²) in [7, 11) is 0. The first-order valence-electron chi connectivity index (χ1n) is 6.43. The number of amides is 1. The molecule has 0 saturated heterocycles. The molecule has 1 aromatic heterocycles. The Balaban J connectivity index is 1.89. The molecule has 2 aromatic rings. The Labute approximate surface area is 127 Å². The average molecular weight is 301 g/mol. The van der Waals surface area contributed by atoms with Crippen LogP contribution in [0.2, 0.25) is 0 Å². The lowest BCUT2D eigenvalue weighted by molar-refractivity contribution is -0.123. The number of carbonyl (C=O) groups excluding carboxylic acids is 1. The molecule has 108 valence electrons. The van der Waals surface area contributed by atoms with Crippen LogP contribution in [0, 0.1) is 18.3 Å². The van der Waals surface area contributed by atoms with E-state index in [9.17, 15) is 4.79 Å². The number of aromatic nitrogens is 1. The summed E-state index contributed by atoms with van der Waals surface area (Å²) in [5.41, 5.74) is 0.411. The smallest absolute Gasteiger partial charge is 0.258 e. The number of para-hydroxylation sites is 1. The largest absolute Gasteiger partial charge is 0.482 e. The Morgan fingerprint density at radius 1 is 1.52 bits per heavy atom. The summed E-state index contributed by atoms with van der Waals surface area (Å²) >= 11 is 1.55. The molecule has 0 aliphatic heterocycles. The maximum atomic E-state index is 11.9. The third-order valence-corrected chi connectivity index (χ3v) is 3.85. The van der Waals surface area contributed by atoms with Gasteiger partial charge in [0.1, 0.15) is 16.8 Å². The van der Waals surface area contributed by atoms with Crippen LogP contribution in [0.1, 0.15) is 28.4 Å². The summed E-state index contributed by atoms with van der Waals surface area (Å²) < 4.78 is 5.38. The Hall–Kier alpha value is -2.39. The van der Waals surface area contributed by atoms with Crippen LogP contribution in [0.4, 0.5) is 0 Å². The minimum Gasteiger partial charge on any atom is -0.482 e. The van der Waals surface area contributed by atoms with Crippen molar-refractivity contribution in [3.05, 3.63) is 45.9 Å². The maximum Gasteiger partial charge on any atom is 0.258 e. The van der Waals surface area contributed by atoms with Crippen LogP contribution in [-0.4, -0.2) is 17.5 Å². The van der Waals surface area contributed by atoms with Gasteiger partial charge in [0.2, 0.25) is 0 Å². The van der Waals surface area contributed by atoms with Crippen molar-refractivity contribution in [2.24, 2.45) is 0 Å². The first-order valence-corrected chi connectivity index (χ1v) is 7.25. The Morgan fingerprint density at radius 3 is 2.95 bits per heavy atom. The van der Waals surface area contributed by atoms with E-state index in [1.165, 1.54) is 0 Å². The second-order valence-electron chi connectivity index (χ2n) is 4.49. The predicted molar refractivity (Wildman–Crippen MR) is 80.1 cm³/mol. The summed E-state index contributed by atoms with van der Waals surface area (Å²) in [4.78, 5) is 17.2. The molecular formula is C15H15N3O2S. The van der Waals surface area contributed by atoms with Gasteiger partial charge in [-0.25, -0.2) is 4.98 Å². The van der Waals surface area contributed by atoms with Crippen LogP contribution in [-0.2, 0) is 4.79 Å². The first kappa shape index (κ1) is 15.0. The van der Waals surface area contributed by atoms with Crippen molar-refractivity contribution in [2.45, 2.75) is 19.9 Å². The van der Waals surface area contributed by atoms with Crippen LogP contribution < -0.4 is 10.1 Å². The lowest BCUT2D eigenvalue weighted by atomic mass is 10.2. The molecule has 0 aliphatic carbocycles. The maximum absolute atomic E-state index is 11.9. The summed E-state index contributed by atoms with van der Waals surface area (Å²) in [5.74, 6) is 0.163. The van der Waals surface area contributed by atoms with Crippen molar-refractivity contribution < 1.29 is 9.53 Å². The van der Waals surface area contributed by atoms with E-state index in [1.54, 1.807) is 41.8 Å². The molecule has 0 radical (unpaired) electrons. The molecule has 5 nitrogen and oxygen atoms in total. The lowest BCUT2D eigenvalue weighted by Crippen LogP contribution is -2.31. The van der Waals surface area contributed by atoms with Crippen molar-refractivity contribution in [3.8, 4) is 11.8 Å². The van der Waals surface area contributed by atoms with Gasteiger partial charge in [-0.2, -0.15) is 5.26 Å². The fourth-order valence-electron chi connectivity index (χ4n) is 1.75. The van der Waals surface area contributed by atoms with Crippen molar-refractivity contribution in [1.29, 1.82) is 5.26 Å². The molecule has 0 bridgehead atoms. The molecule has 1 amide bonds. The Kier molecular flexibility index (Phi) is 4.90. The highest BCUT2D eigenvalue weighted by Gasteiger charge is 2.13. The number of nitriles is 1. The van der Waals surface area contributed by atoms with Gasteiger partial charge in [0, 0.05) is 11.1 Å². The zero-order valence-electron chi connectivity index (χ0n) is 11.8. The molecular weight excluding hydrogens is 286 g/mol. The van der Waals surface area contributed by atoms with E-state index >= 15 is 0 Å². The average Bonchev–Trinajstić information content (AvgIpc) is 2.92. The van der Waals surface area contributed by atoms with Gasteiger partial charge in [-0.1, -0.05) is 12.1 Å². The van der Waals surface area contributed by atoms with Gasteiger partial charge in [-0.05, 0) is 26.0 Å². The number of hydrogen-bond acceptors (Lipinski definition) is 5. The quantitative estimate of drug-likeness (QED) is 0.921. The lowest BCUT2D eigenvalue weighted by Gasteiger charge is -2.12. The number of nitrogens with one attached hydrogen (secondary N) is 1. The van der Waals surface area contributed by atoms with E-state index in [2.05, 4.69) is 10.3 Å². The highest BCUT2D eigenvalue weighted by Crippen LogP contribution is 2.19. The van der Waals surface area contributed by atoms with Gasteiger partial charge in [-0.15, -0.1) is 11.3 Å². The SMILES string of the molecule is Cc1cnc(C(C)NC(=O)COc2ccccc2C#N)s1. The number of carbonyl (C=O) groups is 1. The number of thiazole rings is 1. The van der Waals surface area contributed by atoms with Gasteiger partial charge >= 0.3 is 0 Å². The van der Waals surface area contributed by atoms with Gasteiger partial charge in [-0.3, -0.25) is 4.79 Å². The van der Waals surface area contributed by atoms with Gasteiger partial charge < -0.3 is 10.1 Å². The molecule has 1 unspecified atom stereocenters. The van der Waals surface area contributed by atoms with E-state index in [0.29, 0.717) is 11.3 Å². The van der Waals surface area contributed by atoms with E-state index in [0.717, 1.165) is 9.88 Å². The molecule has 0 aliphatic rings. The van der Waals surface area contributed by atoms with Crippen molar-refractivity contribution in [3.63, 3.8) is 0 Å². The summed E-state index contributed by atoms with van der Waals surface area (Å²) in [6.45, 7) is 3.71. The predicted octanol–water partition coefficient (Wildman–Crippen LogP) is 2.58. The van der Waals surface area contributed by atoms with E-state index < -0.39 is 0 Å². The fourth-order valence-corrected chi connectivity index (χ4v) is 2.52. The highest BCUT2D eigenvalue weighted by molar-refractivity contribution is 7.11. The molecule has 2 rings (SSSR count). The van der Waals surface area contributed by atoms with Crippen LogP contribution in [0.25, 0.3) is 0 Å². The van der Waals surface area contributed by atoms with Crippen LogP contribution in [0.5, 0.6) is 5.75 Å². The molecule has 0 saturated carbocycles. The molecule has 0 spiro atoms. The van der Waals surface area contributed by atoms with Crippen molar-refractivity contribution in [2.75, 3.05) is 6.61 Å². The molecule has 6 heteroatoms. The third kappa shape index (κ3) is 4.04. The summed E-state index contributed by atoms with van der Waals surface area (Å²) in [5, 5.41) is 12.6. The summed E-state index contributed by atoms with van der Waals surface area (Å²) in [6.07, 6.45) is 1.78. The fraction of sp³-hybridized carbons (Fsp3) is 0.267. The number of benzene rings is 1. The van der Waals surface area contributed by atoms with Crippen molar-refractivity contribution in [1.82, 2.24) is 10.3 Å². The van der Waals surface area contributed by atoms with Crippen molar-refractivity contribution >= 4 is 17.2 Å². The van der Waals surface area contributed by atoms with Gasteiger partial charge in [0.15, 0.2) is 6.61 Å². The van der Waals surface area contributed by atoms with E-state index in [-0.39, 0.29) is 18.6 Å². The second-order valence-corrected chi connectivity index (χ2v) is 5.76. The molecule has 0 fully saturated rings. The summed E-state index contributed by atoms with van der Waals surface area (Å²) in [6, 6.07) is 8.68. The molecule has 1 atom stereocenters. The minimum absolute atomic E-state index is 0.132. The number of nitrogens with zero attached hydrogens (tertiary/aromatic N) is 2. The molecule has 1 N–H and O–H groups in total. The monoisotopic (exact) mass is 301 g/mol. The van der Waals surface area contributed by atoms with Crippen LogP contribution >= 0.6 is 11.3 Å². The standard InChI is InChI=1S/C15H15N3O2S/c1-10-8-17-15(21-10)11(2)18-14(19)9-20-13-6-4-3-5-12(13)7-16/h3-6,8,11H,9H2,1-2H3,(H,18,19). The normalized spacial score (nSPS) is 11.5.